The zero-order valence-corrected chi connectivity index (χ0v) is 9.47. The first-order valence-electron chi connectivity index (χ1n) is 3.32. The van der Waals surface area contributed by atoms with Crippen molar-refractivity contribution >= 4 is 29.5 Å². The van der Waals surface area contributed by atoms with E-state index < -0.39 is 25.5 Å². The van der Waals surface area contributed by atoms with E-state index in [1.54, 1.807) is 0 Å². The molecule has 3 N–H and O–H groups in total. The van der Waals surface area contributed by atoms with Crippen molar-refractivity contribution in [1.29, 1.82) is 0 Å². The number of nitrogens with two attached hydrogens (primary N) is 1. The number of hydrogen-bond donors (Lipinski definition) is 2. The van der Waals surface area contributed by atoms with Crippen LogP contribution in [0.1, 0.15) is 6.42 Å². The Labute approximate surface area is 75.0 Å². The van der Waals surface area contributed by atoms with Crippen LogP contribution in [-0.4, -0.2) is 36.4 Å². The van der Waals surface area contributed by atoms with Gasteiger partial charge in [0, 0.05) is 0 Å². The second-order valence-electron chi connectivity index (χ2n) is 2.38. The Hall–Kier alpha value is 0.338. The average molecular weight is 239 g/mol. The molecule has 0 saturated carbocycles. The van der Waals surface area contributed by atoms with Gasteiger partial charge in [0.05, 0.1) is 0 Å². The molecule has 0 spiro atoms. The summed E-state index contributed by atoms with van der Waals surface area (Å²) in [6, 6.07) is -0.670. The molecule has 0 aliphatic rings. The van der Waals surface area contributed by atoms with Crippen LogP contribution in [0.4, 0.5) is 0 Å². The van der Waals surface area contributed by atoms with Crippen LogP contribution in [0.2, 0.25) is 11.4 Å². The first-order valence-corrected chi connectivity index (χ1v) is 10.3. The predicted octanol–water partition coefficient (Wildman–Crippen LogP) is 0.773. The molecule has 0 aromatic heterocycles. The Morgan fingerprint density at radius 3 is 2.64 bits per heavy atom. The van der Waals surface area contributed by atoms with Crippen LogP contribution in [0.5, 0.6) is 0 Å². The molecule has 0 heterocycles. The van der Waals surface area contributed by atoms with Crippen molar-refractivity contribution in [2.24, 2.45) is 5.73 Å². The van der Waals surface area contributed by atoms with E-state index in [2.05, 4.69) is 11.4 Å². The Morgan fingerprint density at radius 2 is 2.27 bits per heavy atom. The maximum atomic E-state index is 10.3. The van der Waals surface area contributed by atoms with Gasteiger partial charge in [-0.05, 0) is 0 Å². The molecule has 0 amide bonds. The monoisotopic (exact) mass is 239 g/mol. The summed E-state index contributed by atoms with van der Waals surface area (Å²) in [5, 5.41) is 8.42. The van der Waals surface area contributed by atoms with E-state index in [9.17, 15) is 4.79 Å². The Bertz CT molecular complexity index is 132. The third-order valence-corrected chi connectivity index (χ3v) is 6.43. The number of carbonyl (C=O) groups is 1. The molecule has 0 aliphatic carbocycles. The van der Waals surface area contributed by atoms with Crippen LogP contribution in [0, 0.1) is 0 Å². The second kappa shape index (κ2) is 5.92. The summed E-state index contributed by atoms with van der Waals surface area (Å²) in [5.41, 5.74) is 9.76. The summed E-state index contributed by atoms with van der Waals surface area (Å²) in [4.78, 5) is 10.3. The maximum absolute atomic E-state index is 10.3. The van der Waals surface area contributed by atoms with Gasteiger partial charge in [-0.1, -0.05) is 0 Å². The third-order valence-electron chi connectivity index (χ3n) is 1.10. The number of hydrogen-bond acceptors (Lipinski definition) is 3. The van der Waals surface area contributed by atoms with Crippen molar-refractivity contribution in [1.82, 2.24) is 0 Å². The van der Waals surface area contributed by atoms with Crippen LogP contribution < -0.4 is 5.73 Å². The first-order chi connectivity index (χ1) is 5.04. The second-order valence-corrected chi connectivity index (χ2v) is 11.9. The molecule has 0 radical (unpaired) electrons. The van der Waals surface area contributed by atoms with Crippen LogP contribution in [0.15, 0.2) is 0 Å². The first kappa shape index (κ1) is 11.3. The summed E-state index contributed by atoms with van der Waals surface area (Å²) < 4.78 is 0. The van der Waals surface area contributed by atoms with E-state index in [0.29, 0.717) is 6.42 Å². The van der Waals surface area contributed by atoms with Gasteiger partial charge in [0.1, 0.15) is 0 Å². The molecule has 0 saturated heterocycles. The van der Waals surface area contributed by atoms with E-state index in [-0.39, 0.29) is 0 Å². The van der Waals surface area contributed by atoms with Gasteiger partial charge >= 0.3 is 74.8 Å². The van der Waals surface area contributed by atoms with Gasteiger partial charge in [-0.3, -0.25) is 0 Å². The molecule has 0 aliphatic heterocycles. The van der Waals surface area contributed by atoms with Crippen molar-refractivity contribution < 1.29 is 9.90 Å². The van der Waals surface area contributed by atoms with Gasteiger partial charge in [-0.15, -0.1) is 0 Å². The summed E-state index contributed by atoms with van der Waals surface area (Å²) in [6.07, 6.45) is 0.590. The molecule has 1 atom stereocenters. The van der Waals surface area contributed by atoms with Gasteiger partial charge in [-0.25, -0.2) is 0 Å². The van der Waals surface area contributed by atoms with E-state index in [0.717, 1.165) is 5.75 Å². The van der Waals surface area contributed by atoms with E-state index in [1.165, 1.54) is 0 Å². The zero-order valence-electron chi connectivity index (χ0n) is 6.78. The Morgan fingerprint density at radius 1 is 1.73 bits per heavy atom. The van der Waals surface area contributed by atoms with Crippen molar-refractivity contribution in [3.05, 3.63) is 0 Å². The van der Waals surface area contributed by atoms with Gasteiger partial charge in [0.2, 0.25) is 0 Å². The normalized spacial score (nSPS) is 13.5. The minimum absolute atomic E-state index is 0.590. The molecule has 11 heavy (non-hydrogen) atoms. The van der Waals surface area contributed by atoms with E-state index >= 15 is 0 Å². The fraction of sp³-hybridized carbons (Fsp3) is 0.833. The van der Waals surface area contributed by atoms with Crippen molar-refractivity contribution in [2.75, 3.05) is 5.75 Å². The van der Waals surface area contributed by atoms with Crippen LogP contribution in [0.25, 0.3) is 0 Å². The molecular formula is C6H14AsNO2S. The van der Waals surface area contributed by atoms with Crippen molar-refractivity contribution in [3.8, 4) is 0 Å². The molecule has 0 aromatic rings. The minimum atomic E-state index is -0.892. The quantitative estimate of drug-likeness (QED) is 0.696. The molecule has 0 aromatic carbocycles. The average Bonchev–Trinajstić information content (AvgIpc) is 1.86. The number of carboxylic acids is 1. The van der Waals surface area contributed by atoms with Crippen molar-refractivity contribution in [3.63, 3.8) is 0 Å². The molecule has 5 heteroatoms. The Kier molecular flexibility index (Phi) is 6.10. The Balaban J connectivity index is 3.31. The van der Waals surface area contributed by atoms with E-state index in [1.807, 2.05) is 10.0 Å². The van der Waals surface area contributed by atoms with Crippen LogP contribution >= 0.6 is 10.0 Å². The van der Waals surface area contributed by atoms with Crippen LogP contribution in [0.3, 0.4) is 0 Å². The summed E-state index contributed by atoms with van der Waals surface area (Å²) >= 11 is -0.650. The summed E-state index contributed by atoms with van der Waals surface area (Å²) in [7, 11) is 1.88. The fourth-order valence-electron chi connectivity index (χ4n) is 0.486. The topological polar surface area (TPSA) is 63.3 Å². The van der Waals surface area contributed by atoms with Crippen LogP contribution in [-0.2, 0) is 4.79 Å². The number of aliphatic carboxylic acids is 1. The molecule has 66 valence electrons. The van der Waals surface area contributed by atoms with Gasteiger partial charge in [-0.2, -0.15) is 0 Å². The molecule has 0 fully saturated rings. The standard InChI is InChI=1S/C6H14AsNO2S/c1-7(2)11-4-3-5(8)6(9)10/h5H,3-4,8H2,1-2H3,(H,9,10)/t5-/m1/s1. The van der Waals surface area contributed by atoms with E-state index in [4.69, 9.17) is 10.8 Å². The van der Waals surface area contributed by atoms with Gasteiger partial charge in [0.25, 0.3) is 0 Å². The molecule has 0 unspecified atom stereocenters. The van der Waals surface area contributed by atoms with Gasteiger partial charge < -0.3 is 0 Å². The molecule has 3 nitrogen and oxygen atoms in total. The molecular weight excluding hydrogens is 225 g/mol. The molecule has 0 rings (SSSR count). The zero-order chi connectivity index (χ0) is 8.85. The summed E-state index contributed by atoms with van der Waals surface area (Å²) in [6.45, 7) is 0. The fourth-order valence-corrected chi connectivity index (χ4v) is 4.17. The van der Waals surface area contributed by atoms with Crippen molar-refractivity contribution in [2.45, 2.75) is 23.9 Å². The summed E-state index contributed by atoms with van der Waals surface area (Å²) in [5.74, 6) is -0.00245. The number of rotatable bonds is 5. The SMILES string of the molecule is C[As](C)SCC[C@@H](N)C(=O)O. The third kappa shape index (κ3) is 6.73. The number of carboxylic acid groups (broad SMARTS) is 1. The van der Waals surface area contributed by atoms with Gasteiger partial charge in [0.15, 0.2) is 0 Å². The molecule has 0 bridgehead atoms. The predicted molar refractivity (Wildman–Crippen MR) is 50.2 cm³/mol.